The summed E-state index contributed by atoms with van der Waals surface area (Å²) in [6.45, 7) is 9.48. The zero-order chi connectivity index (χ0) is 8.27. The lowest BCUT2D eigenvalue weighted by atomic mass is 10.4. The Labute approximate surface area is 68.1 Å². The maximum Gasteiger partial charge on any atom is 0.112 e. The SMILES string of the molecule is C=CC=CC(=C)OC1CC1C. The van der Waals surface area contributed by atoms with E-state index in [1.807, 2.05) is 12.2 Å². The van der Waals surface area contributed by atoms with Gasteiger partial charge in [0.15, 0.2) is 0 Å². The molecule has 0 heterocycles. The third kappa shape index (κ3) is 2.62. The smallest absolute Gasteiger partial charge is 0.112 e. The van der Waals surface area contributed by atoms with Gasteiger partial charge >= 0.3 is 0 Å². The molecule has 1 aliphatic carbocycles. The molecule has 0 aromatic rings. The van der Waals surface area contributed by atoms with Crippen LogP contribution in [0.25, 0.3) is 0 Å². The highest BCUT2D eigenvalue weighted by Crippen LogP contribution is 2.34. The van der Waals surface area contributed by atoms with Gasteiger partial charge in [0.2, 0.25) is 0 Å². The summed E-state index contributed by atoms with van der Waals surface area (Å²) in [5.41, 5.74) is 0. The molecular weight excluding hydrogens is 136 g/mol. The Kier molecular flexibility index (Phi) is 2.53. The van der Waals surface area contributed by atoms with Gasteiger partial charge in [-0.25, -0.2) is 0 Å². The normalized spacial score (nSPS) is 28.5. The molecular formula is C10H14O. The lowest BCUT2D eigenvalue weighted by molar-refractivity contribution is 0.198. The van der Waals surface area contributed by atoms with E-state index in [9.17, 15) is 0 Å². The first-order chi connectivity index (χ1) is 5.24. The van der Waals surface area contributed by atoms with Crippen LogP contribution in [0.3, 0.4) is 0 Å². The van der Waals surface area contributed by atoms with Crippen LogP contribution in [-0.2, 0) is 4.74 Å². The molecule has 0 spiro atoms. The number of rotatable bonds is 4. The topological polar surface area (TPSA) is 9.23 Å². The minimum Gasteiger partial charge on any atom is -0.491 e. The van der Waals surface area contributed by atoms with Crippen LogP contribution >= 0.6 is 0 Å². The van der Waals surface area contributed by atoms with Crippen molar-refractivity contribution in [1.29, 1.82) is 0 Å². The largest absolute Gasteiger partial charge is 0.491 e. The Morgan fingerprint density at radius 1 is 1.64 bits per heavy atom. The maximum atomic E-state index is 5.45. The highest BCUT2D eigenvalue weighted by molar-refractivity contribution is 5.13. The Morgan fingerprint density at radius 2 is 2.27 bits per heavy atom. The van der Waals surface area contributed by atoms with Gasteiger partial charge in [-0.1, -0.05) is 32.2 Å². The molecule has 0 N–H and O–H groups in total. The molecule has 0 aromatic carbocycles. The Morgan fingerprint density at radius 3 is 2.73 bits per heavy atom. The van der Waals surface area contributed by atoms with Gasteiger partial charge in [0.05, 0.1) is 0 Å². The third-order valence-corrected chi connectivity index (χ3v) is 1.76. The van der Waals surface area contributed by atoms with E-state index >= 15 is 0 Å². The molecule has 2 unspecified atom stereocenters. The zero-order valence-corrected chi connectivity index (χ0v) is 6.92. The fourth-order valence-electron chi connectivity index (χ4n) is 0.861. The second-order valence-corrected chi connectivity index (χ2v) is 2.93. The summed E-state index contributed by atoms with van der Waals surface area (Å²) in [4.78, 5) is 0. The van der Waals surface area contributed by atoms with Crippen LogP contribution in [0.4, 0.5) is 0 Å². The van der Waals surface area contributed by atoms with Crippen molar-refractivity contribution in [2.45, 2.75) is 19.4 Å². The Hall–Kier alpha value is -0.980. The quantitative estimate of drug-likeness (QED) is 0.442. The van der Waals surface area contributed by atoms with E-state index in [1.54, 1.807) is 6.08 Å². The third-order valence-electron chi connectivity index (χ3n) is 1.76. The molecule has 2 atom stereocenters. The van der Waals surface area contributed by atoms with E-state index in [2.05, 4.69) is 20.1 Å². The first-order valence-electron chi connectivity index (χ1n) is 3.88. The monoisotopic (exact) mass is 150 g/mol. The van der Waals surface area contributed by atoms with Crippen LogP contribution in [0.1, 0.15) is 13.3 Å². The number of allylic oxidation sites excluding steroid dienone is 3. The van der Waals surface area contributed by atoms with Crippen molar-refractivity contribution in [2.75, 3.05) is 0 Å². The molecule has 0 radical (unpaired) electrons. The van der Waals surface area contributed by atoms with Gasteiger partial charge in [-0.05, 0) is 18.4 Å². The molecule has 1 heteroatoms. The minimum absolute atomic E-state index is 0.414. The van der Waals surface area contributed by atoms with E-state index in [-0.39, 0.29) is 0 Å². The van der Waals surface area contributed by atoms with Crippen LogP contribution in [0.15, 0.2) is 37.1 Å². The van der Waals surface area contributed by atoms with Crippen LogP contribution in [0, 0.1) is 5.92 Å². The predicted octanol–water partition coefficient (Wildman–Crippen LogP) is 2.67. The maximum absolute atomic E-state index is 5.45. The molecule has 11 heavy (non-hydrogen) atoms. The van der Waals surface area contributed by atoms with Crippen LogP contribution in [0.5, 0.6) is 0 Å². The van der Waals surface area contributed by atoms with Gasteiger partial charge in [0, 0.05) is 0 Å². The standard InChI is InChI=1S/C10H14O/c1-4-5-6-9(3)11-10-7-8(10)2/h4-6,8,10H,1,3,7H2,2H3. The van der Waals surface area contributed by atoms with E-state index in [0.717, 1.165) is 5.76 Å². The molecule has 1 fully saturated rings. The number of hydrogen-bond acceptors (Lipinski definition) is 1. The molecule has 0 amide bonds. The fourth-order valence-corrected chi connectivity index (χ4v) is 0.861. The highest BCUT2D eigenvalue weighted by Gasteiger charge is 2.34. The predicted molar refractivity (Wildman–Crippen MR) is 47.1 cm³/mol. The van der Waals surface area contributed by atoms with Gasteiger partial charge in [0.1, 0.15) is 11.9 Å². The minimum atomic E-state index is 0.414. The van der Waals surface area contributed by atoms with Crippen molar-refractivity contribution >= 4 is 0 Å². The molecule has 1 rings (SSSR count). The van der Waals surface area contributed by atoms with E-state index in [0.29, 0.717) is 12.0 Å². The molecule has 1 nitrogen and oxygen atoms in total. The molecule has 1 aliphatic rings. The Bertz CT molecular complexity index is 191. The zero-order valence-electron chi connectivity index (χ0n) is 6.92. The van der Waals surface area contributed by atoms with Gasteiger partial charge in [-0.15, -0.1) is 0 Å². The van der Waals surface area contributed by atoms with Gasteiger partial charge < -0.3 is 4.74 Å². The molecule has 0 aromatic heterocycles. The molecule has 0 saturated heterocycles. The second-order valence-electron chi connectivity index (χ2n) is 2.93. The van der Waals surface area contributed by atoms with Crippen LogP contribution in [-0.4, -0.2) is 6.10 Å². The van der Waals surface area contributed by atoms with Gasteiger partial charge in [-0.2, -0.15) is 0 Å². The van der Waals surface area contributed by atoms with Crippen molar-refractivity contribution in [3.05, 3.63) is 37.1 Å². The van der Waals surface area contributed by atoms with Crippen molar-refractivity contribution in [1.82, 2.24) is 0 Å². The molecule has 60 valence electrons. The summed E-state index contributed by atoms with van der Waals surface area (Å²) in [5.74, 6) is 1.45. The van der Waals surface area contributed by atoms with Gasteiger partial charge in [-0.3, -0.25) is 0 Å². The second kappa shape index (κ2) is 3.42. The summed E-state index contributed by atoms with van der Waals surface area (Å²) >= 11 is 0. The lowest BCUT2D eigenvalue weighted by Gasteiger charge is -2.01. The molecule has 0 aliphatic heterocycles. The lowest BCUT2D eigenvalue weighted by Crippen LogP contribution is -1.92. The Balaban J connectivity index is 2.21. The summed E-state index contributed by atoms with van der Waals surface area (Å²) in [5, 5.41) is 0. The van der Waals surface area contributed by atoms with Crippen LogP contribution < -0.4 is 0 Å². The number of hydrogen-bond donors (Lipinski definition) is 0. The summed E-state index contributed by atoms with van der Waals surface area (Å²) in [6.07, 6.45) is 6.95. The van der Waals surface area contributed by atoms with Crippen molar-refractivity contribution in [3.63, 3.8) is 0 Å². The summed E-state index contributed by atoms with van der Waals surface area (Å²) in [6, 6.07) is 0. The highest BCUT2D eigenvalue weighted by atomic mass is 16.5. The fraction of sp³-hybridized carbons (Fsp3) is 0.400. The van der Waals surface area contributed by atoms with Crippen molar-refractivity contribution in [2.24, 2.45) is 5.92 Å². The van der Waals surface area contributed by atoms with E-state index in [1.165, 1.54) is 6.42 Å². The van der Waals surface area contributed by atoms with E-state index < -0.39 is 0 Å². The summed E-state index contributed by atoms with van der Waals surface area (Å²) in [7, 11) is 0. The van der Waals surface area contributed by atoms with Gasteiger partial charge in [0.25, 0.3) is 0 Å². The van der Waals surface area contributed by atoms with Crippen LogP contribution in [0.2, 0.25) is 0 Å². The first-order valence-corrected chi connectivity index (χ1v) is 3.88. The molecule has 1 saturated carbocycles. The van der Waals surface area contributed by atoms with E-state index in [4.69, 9.17) is 4.74 Å². The number of ether oxygens (including phenoxy) is 1. The van der Waals surface area contributed by atoms with Crippen molar-refractivity contribution in [3.8, 4) is 0 Å². The first kappa shape index (κ1) is 8.12. The molecule has 0 bridgehead atoms. The summed E-state index contributed by atoms with van der Waals surface area (Å²) < 4.78 is 5.45. The average Bonchev–Trinajstić information content (AvgIpc) is 2.62. The average molecular weight is 150 g/mol. The van der Waals surface area contributed by atoms with Crippen molar-refractivity contribution < 1.29 is 4.74 Å².